The van der Waals surface area contributed by atoms with Gasteiger partial charge in [0.2, 0.25) is 0 Å². The van der Waals surface area contributed by atoms with E-state index in [0.29, 0.717) is 17.7 Å². The van der Waals surface area contributed by atoms with E-state index >= 15 is 0 Å². The fraction of sp³-hybridized carbons (Fsp3) is 0.500. The summed E-state index contributed by atoms with van der Waals surface area (Å²) in [7, 11) is 1.36. The van der Waals surface area contributed by atoms with E-state index in [4.69, 9.17) is 14.7 Å². The van der Waals surface area contributed by atoms with Crippen molar-refractivity contribution in [1.29, 1.82) is 5.26 Å². The molecule has 0 bridgehead atoms. The first-order chi connectivity index (χ1) is 9.53. The lowest BCUT2D eigenvalue weighted by molar-refractivity contribution is -0.149. The molecule has 0 saturated heterocycles. The summed E-state index contributed by atoms with van der Waals surface area (Å²) in [5, 5.41) is 8.94. The summed E-state index contributed by atoms with van der Waals surface area (Å²) in [6.07, 6.45) is 1.92. The van der Waals surface area contributed by atoms with Gasteiger partial charge in [0.25, 0.3) is 0 Å². The van der Waals surface area contributed by atoms with Crippen molar-refractivity contribution < 1.29 is 14.3 Å². The maximum absolute atomic E-state index is 11.8. The molecule has 0 fully saturated rings. The van der Waals surface area contributed by atoms with Gasteiger partial charge in [0, 0.05) is 0 Å². The number of benzene rings is 1. The Bertz CT molecular complexity index is 494. The minimum atomic E-state index is -0.592. The highest BCUT2D eigenvalue weighted by molar-refractivity contribution is 5.75. The van der Waals surface area contributed by atoms with Gasteiger partial charge in [-0.1, -0.05) is 13.3 Å². The van der Waals surface area contributed by atoms with Crippen LogP contribution in [0.2, 0.25) is 0 Å². The first kappa shape index (κ1) is 16.0. The van der Waals surface area contributed by atoms with Crippen LogP contribution >= 0.6 is 0 Å². The van der Waals surface area contributed by atoms with Gasteiger partial charge in [-0.05, 0) is 49.9 Å². The van der Waals surface area contributed by atoms with E-state index in [0.717, 1.165) is 24.0 Å². The zero-order chi connectivity index (χ0) is 15.1. The van der Waals surface area contributed by atoms with Crippen LogP contribution in [0.3, 0.4) is 0 Å². The van der Waals surface area contributed by atoms with E-state index in [-0.39, 0.29) is 5.97 Å². The molecular weight excluding hydrogens is 254 g/mol. The second-order valence-corrected chi connectivity index (χ2v) is 4.82. The van der Waals surface area contributed by atoms with Crippen molar-refractivity contribution in [3.8, 4) is 11.8 Å². The second kappa shape index (κ2) is 7.54. The molecule has 0 N–H and O–H groups in total. The van der Waals surface area contributed by atoms with E-state index in [9.17, 15) is 4.79 Å². The molecule has 0 heterocycles. The first-order valence-electron chi connectivity index (χ1n) is 6.79. The summed E-state index contributed by atoms with van der Waals surface area (Å²) in [5.74, 6) is 0.303. The predicted molar refractivity (Wildman–Crippen MR) is 76.6 cm³/mol. The number of carbonyl (C=O) groups excluding carboxylic acids is 1. The van der Waals surface area contributed by atoms with Crippen LogP contribution < -0.4 is 4.74 Å². The van der Waals surface area contributed by atoms with Crippen molar-refractivity contribution in [2.24, 2.45) is 0 Å². The summed E-state index contributed by atoms with van der Waals surface area (Å²) in [4.78, 5) is 11.8. The molecule has 0 aliphatic rings. The Kier molecular flexibility index (Phi) is 6.05. The van der Waals surface area contributed by atoms with Gasteiger partial charge in [-0.3, -0.25) is 0 Å². The quantitative estimate of drug-likeness (QED) is 0.747. The maximum atomic E-state index is 11.8. The van der Waals surface area contributed by atoms with Crippen LogP contribution in [0, 0.1) is 25.2 Å². The topological polar surface area (TPSA) is 59.3 Å². The molecule has 0 saturated carbocycles. The number of esters is 1. The fourth-order valence-corrected chi connectivity index (χ4v) is 2.09. The second-order valence-electron chi connectivity index (χ2n) is 4.82. The third-order valence-electron chi connectivity index (χ3n) is 3.13. The third kappa shape index (κ3) is 3.99. The van der Waals surface area contributed by atoms with E-state index in [1.807, 2.05) is 13.8 Å². The van der Waals surface area contributed by atoms with Crippen molar-refractivity contribution in [2.45, 2.75) is 46.1 Å². The van der Waals surface area contributed by atoms with Gasteiger partial charge in [-0.2, -0.15) is 5.26 Å². The van der Waals surface area contributed by atoms with Gasteiger partial charge in [-0.25, -0.2) is 4.79 Å². The number of nitrogens with zero attached hydrogens (tertiary/aromatic N) is 1. The Morgan fingerprint density at radius 3 is 2.40 bits per heavy atom. The van der Waals surface area contributed by atoms with Crippen molar-refractivity contribution in [1.82, 2.24) is 0 Å². The summed E-state index contributed by atoms with van der Waals surface area (Å²) in [5.41, 5.74) is 2.30. The molecule has 1 aromatic carbocycles. The minimum absolute atomic E-state index is 0.360. The summed E-state index contributed by atoms with van der Waals surface area (Å²) in [6.45, 7) is 5.81. The highest BCUT2D eigenvalue weighted by Crippen LogP contribution is 2.26. The number of ether oxygens (including phenoxy) is 2. The summed E-state index contributed by atoms with van der Waals surface area (Å²) < 4.78 is 10.6. The van der Waals surface area contributed by atoms with Gasteiger partial charge in [0.1, 0.15) is 5.75 Å². The van der Waals surface area contributed by atoms with E-state index in [1.165, 1.54) is 7.11 Å². The van der Waals surface area contributed by atoms with Crippen molar-refractivity contribution in [3.05, 3.63) is 28.8 Å². The van der Waals surface area contributed by atoms with E-state index < -0.39 is 6.10 Å². The van der Waals surface area contributed by atoms with Crippen molar-refractivity contribution in [3.63, 3.8) is 0 Å². The van der Waals surface area contributed by atoms with Crippen LogP contribution in [0.4, 0.5) is 0 Å². The number of nitriles is 1. The standard InChI is InChI=1S/C16H21NO3/c1-5-6-7-14(16(18)19-4)20-15-11(2)8-13(10-17)9-12(15)3/h8-9,14H,5-7H2,1-4H3. The van der Waals surface area contributed by atoms with Crippen LogP contribution in [-0.4, -0.2) is 19.2 Å². The highest BCUT2D eigenvalue weighted by Gasteiger charge is 2.22. The smallest absolute Gasteiger partial charge is 0.347 e. The number of hydrogen-bond donors (Lipinski definition) is 0. The monoisotopic (exact) mass is 275 g/mol. The normalized spacial score (nSPS) is 11.6. The molecule has 0 aliphatic carbocycles. The molecule has 0 amide bonds. The number of rotatable bonds is 6. The molecule has 1 aromatic rings. The highest BCUT2D eigenvalue weighted by atomic mass is 16.6. The molecule has 4 nitrogen and oxygen atoms in total. The molecule has 0 aromatic heterocycles. The Morgan fingerprint density at radius 1 is 1.35 bits per heavy atom. The van der Waals surface area contributed by atoms with Gasteiger partial charge >= 0.3 is 5.97 Å². The molecule has 108 valence electrons. The molecule has 0 radical (unpaired) electrons. The molecule has 1 unspecified atom stereocenters. The number of methoxy groups -OCH3 is 1. The number of hydrogen-bond acceptors (Lipinski definition) is 4. The molecule has 0 aliphatic heterocycles. The lowest BCUT2D eigenvalue weighted by Gasteiger charge is -2.20. The zero-order valence-corrected chi connectivity index (χ0v) is 12.5. The Morgan fingerprint density at radius 2 is 1.95 bits per heavy atom. The van der Waals surface area contributed by atoms with Crippen LogP contribution in [0.1, 0.15) is 42.9 Å². The third-order valence-corrected chi connectivity index (χ3v) is 3.13. The Hall–Kier alpha value is -2.02. The van der Waals surface area contributed by atoms with Gasteiger partial charge in [0.15, 0.2) is 6.10 Å². The molecule has 4 heteroatoms. The van der Waals surface area contributed by atoms with Crippen LogP contribution in [0.5, 0.6) is 5.75 Å². The van der Waals surface area contributed by atoms with E-state index in [1.54, 1.807) is 12.1 Å². The molecular formula is C16H21NO3. The molecule has 20 heavy (non-hydrogen) atoms. The fourth-order valence-electron chi connectivity index (χ4n) is 2.09. The SMILES string of the molecule is CCCCC(Oc1c(C)cc(C#N)cc1C)C(=O)OC. The average molecular weight is 275 g/mol. The number of carbonyl (C=O) groups is 1. The van der Waals surface area contributed by atoms with Crippen molar-refractivity contribution >= 4 is 5.97 Å². The average Bonchev–Trinajstić information content (AvgIpc) is 2.44. The van der Waals surface area contributed by atoms with Gasteiger partial charge in [-0.15, -0.1) is 0 Å². The molecule has 0 spiro atoms. The van der Waals surface area contributed by atoms with Crippen molar-refractivity contribution in [2.75, 3.05) is 7.11 Å². The zero-order valence-electron chi connectivity index (χ0n) is 12.5. The number of unbranched alkanes of at least 4 members (excludes halogenated alkanes) is 1. The van der Waals surface area contributed by atoms with Crippen LogP contribution in [0.15, 0.2) is 12.1 Å². The predicted octanol–water partition coefficient (Wildman–Crippen LogP) is 3.29. The Labute approximate surface area is 120 Å². The largest absolute Gasteiger partial charge is 0.478 e. The summed E-state index contributed by atoms with van der Waals surface area (Å²) in [6, 6.07) is 5.63. The lowest BCUT2D eigenvalue weighted by Crippen LogP contribution is -2.29. The molecule has 1 atom stereocenters. The summed E-state index contributed by atoms with van der Waals surface area (Å²) >= 11 is 0. The Balaban J connectivity index is 2.99. The molecule has 1 rings (SSSR count). The minimum Gasteiger partial charge on any atom is -0.478 e. The van der Waals surface area contributed by atoms with Crippen LogP contribution in [0.25, 0.3) is 0 Å². The maximum Gasteiger partial charge on any atom is 0.347 e. The van der Waals surface area contributed by atoms with Gasteiger partial charge in [0.05, 0.1) is 18.7 Å². The van der Waals surface area contributed by atoms with Crippen LogP contribution in [-0.2, 0) is 9.53 Å². The van der Waals surface area contributed by atoms with E-state index in [2.05, 4.69) is 13.0 Å². The first-order valence-corrected chi connectivity index (χ1v) is 6.79. The van der Waals surface area contributed by atoms with Gasteiger partial charge < -0.3 is 9.47 Å². The number of aryl methyl sites for hydroxylation is 2. The lowest BCUT2D eigenvalue weighted by atomic mass is 10.1.